The number of rotatable bonds is 6. The molecule has 0 amide bonds. The number of halogens is 1. The van der Waals surface area contributed by atoms with Crippen LogP contribution in [0.5, 0.6) is 0 Å². The van der Waals surface area contributed by atoms with Crippen molar-refractivity contribution in [3.05, 3.63) is 47.5 Å². The molecule has 1 heterocycles. The molecule has 2 rings (SSSR count). The van der Waals surface area contributed by atoms with Gasteiger partial charge in [-0.1, -0.05) is 19.9 Å². The van der Waals surface area contributed by atoms with Crippen LogP contribution < -0.4 is 5.32 Å². The molecule has 0 bridgehead atoms. The van der Waals surface area contributed by atoms with Gasteiger partial charge < -0.3 is 9.88 Å². The Labute approximate surface area is 119 Å². The van der Waals surface area contributed by atoms with Crippen LogP contribution in [0.3, 0.4) is 0 Å². The summed E-state index contributed by atoms with van der Waals surface area (Å²) in [5, 5.41) is 3.34. The van der Waals surface area contributed by atoms with Crippen molar-refractivity contribution in [2.75, 3.05) is 11.9 Å². The Morgan fingerprint density at radius 3 is 2.85 bits per heavy atom. The summed E-state index contributed by atoms with van der Waals surface area (Å²) in [4.78, 5) is 4.33. The highest BCUT2D eigenvalue weighted by Crippen LogP contribution is 2.13. The minimum atomic E-state index is -0.173. The van der Waals surface area contributed by atoms with E-state index in [0.717, 1.165) is 31.0 Å². The van der Waals surface area contributed by atoms with E-state index in [-0.39, 0.29) is 5.82 Å². The lowest BCUT2D eigenvalue weighted by atomic mass is 10.1. The predicted molar refractivity (Wildman–Crippen MR) is 80.4 cm³/mol. The normalized spacial score (nSPS) is 11.1. The number of benzene rings is 1. The van der Waals surface area contributed by atoms with Crippen LogP contribution in [0.25, 0.3) is 0 Å². The highest BCUT2D eigenvalue weighted by Gasteiger charge is 2.05. The van der Waals surface area contributed by atoms with Gasteiger partial charge in [-0.2, -0.15) is 0 Å². The van der Waals surface area contributed by atoms with Gasteiger partial charge >= 0.3 is 0 Å². The Hall–Kier alpha value is -1.84. The minimum absolute atomic E-state index is 0.173. The third kappa shape index (κ3) is 3.83. The summed E-state index contributed by atoms with van der Waals surface area (Å²) in [5.41, 5.74) is 2.18. The van der Waals surface area contributed by atoms with E-state index < -0.39 is 0 Å². The van der Waals surface area contributed by atoms with Gasteiger partial charge in [0.15, 0.2) is 0 Å². The molecule has 0 fully saturated rings. The number of hydrogen-bond acceptors (Lipinski definition) is 2. The smallest absolute Gasteiger partial charge is 0.202 e. The van der Waals surface area contributed by atoms with Crippen molar-refractivity contribution in [3.63, 3.8) is 0 Å². The standard InChI is InChI=1S/C16H22FN3/c1-12(2)11-19-16-18-7-9-20(16)8-6-14-4-5-15(17)10-13(14)3/h4-5,7,9-10,12H,6,8,11H2,1-3H3,(H,18,19). The quantitative estimate of drug-likeness (QED) is 0.872. The van der Waals surface area contributed by atoms with E-state index in [1.54, 1.807) is 12.3 Å². The Bertz CT molecular complexity index is 561. The third-order valence-corrected chi connectivity index (χ3v) is 3.31. The van der Waals surface area contributed by atoms with Crippen molar-refractivity contribution in [2.45, 2.75) is 33.7 Å². The van der Waals surface area contributed by atoms with Crippen LogP contribution in [0.2, 0.25) is 0 Å². The average Bonchev–Trinajstić information content (AvgIpc) is 2.83. The summed E-state index contributed by atoms with van der Waals surface area (Å²) >= 11 is 0. The Balaban J connectivity index is 1.98. The van der Waals surface area contributed by atoms with Crippen molar-refractivity contribution in [1.82, 2.24) is 9.55 Å². The molecule has 1 N–H and O–H groups in total. The highest BCUT2D eigenvalue weighted by molar-refractivity contribution is 5.28. The van der Waals surface area contributed by atoms with Crippen LogP contribution in [0.4, 0.5) is 10.3 Å². The van der Waals surface area contributed by atoms with Gasteiger partial charge in [-0.15, -0.1) is 0 Å². The molecule has 3 nitrogen and oxygen atoms in total. The number of anilines is 1. The molecular formula is C16H22FN3. The number of nitrogens with zero attached hydrogens (tertiary/aromatic N) is 2. The zero-order valence-corrected chi connectivity index (χ0v) is 12.4. The summed E-state index contributed by atoms with van der Waals surface area (Å²) in [7, 11) is 0. The number of hydrogen-bond donors (Lipinski definition) is 1. The molecule has 0 saturated heterocycles. The second kappa shape index (κ2) is 6.55. The molecule has 0 aliphatic carbocycles. The van der Waals surface area contributed by atoms with E-state index in [1.165, 1.54) is 11.6 Å². The lowest BCUT2D eigenvalue weighted by molar-refractivity contribution is 0.623. The van der Waals surface area contributed by atoms with Crippen LogP contribution in [-0.4, -0.2) is 16.1 Å². The van der Waals surface area contributed by atoms with Crippen molar-refractivity contribution in [1.29, 1.82) is 0 Å². The molecule has 0 saturated carbocycles. The fourth-order valence-electron chi connectivity index (χ4n) is 2.13. The molecule has 0 aliphatic heterocycles. The van der Waals surface area contributed by atoms with Gasteiger partial charge in [-0.25, -0.2) is 9.37 Å². The minimum Gasteiger partial charge on any atom is -0.355 e. The molecule has 0 aliphatic rings. The van der Waals surface area contributed by atoms with Gasteiger partial charge in [0.1, 0.15) is 5.82 Å². The summed E-state index contributed by atoms with van der Waals surface area (Å²) in [6, 6.07) is 4.97. The van der Waals surface area contributed by atoms with Gasteiger partial charge in [0.25, 0.3) is 0 Å². The van der Waals surface area contributed by atoms with Crippen molar-refractivity contribution in [3.8, 4) is 0 Å². The van der Waals surface area contributed by atoms with E-state index in [2.05, 4.69) is 28.7 Å². The zero-order valence-electron chi connectivity index (χ0n) is 12.4. The molecule has 0 radical (unpaired) electrons. The van der Waals surface area contributed by atoms with Crippen LogP contribution >= 0.6 is 0 Å². The van der Waals surface area contributed by atoms with Crippen molar-refractivity contribution >= 4 is 5.95 Å². The molecule has 20 heavy (non-hydrogen) atoms. The zero-order chi connectivity index (χ0) is 14.5. The Morgan fingerprint density at radius 1 is 1.35 bits per heavy atom. The molecule has 2 aromatic rings. The predicted octanol–water partition coefficient (Wildman–Crippen LogP) is 3.64. The number of nitrogens with one attached hydrogen (secondary N) is 1. The average molecular weight is 275 g/mol. The molecule has 0 unspecified atom stereocenters. The first kappa shape index (κ1) is 14.6. The fraction of sp³-hybridized carbons (Fsp3) is 0.438. The first-order valence-corrected chi connectivity index (χ1v) is 7.06. The van der Waals surface area contributed by atoms with E-state index in [0.29, 0.717) is 5.92 Å². The number of aryl methyl sites for hydroxylation is 3. The van der Waals surface area contributed by atoms with Gasteiger partial charge in [0, 0.05) is 25.5 Å². The molecule has 4 heteroatoms. The molecule has 1 aromatic carbocycles. The number of imidazole rings is 1. The molecular weight excluding hydrogens is 253 g/mol. The summed E-state index contributed by atoms with van der Waals surface area (Å²) in [5.74, 6) is 1.31. The largest absolute Gasteiger partial charge is 0.355 e. The molecule has 0 spiro atoms. The first-order valence-electron chi connectivity index (χ1n) is 7.06. The Kier molecular flexibility index (Phi) is 4.77. The number of aromatic nitrogens is 2. The van der Waals surface area contributed by atoms with Crippen LogP contribution in [0, 0.1) is 18.7 Å². The maximum Gasteiger partial charge on any atom is 0.202 e. The lowest BCUT2D eigenvalue weighted by Gasteiger charge is -2.12. The monoisotopic (exact) mass is 275 g/mol. The van der Waals surface area contributed by atoms with Gasteiger partial charge in [-0.05, 0) is 42.5 Å². The maximum atomic E-state index is 13.1. The Morgan fingerprint density at radius 2 is 2.15 bits per heavy atom. The molecule has 0 atom stereocenters. The summed E-state index contributed by atoms with van der Waals surface area (Å²) in [6.45, 7) is 8.04. The second-order valence-corrected chi connectivity index (χ2v) is 5.54. The maximum absolute atomic E-state index is 13.1. The van der Waals surface area contributed by atoms with Crippen molar-refractivity contribution in [2.24, 2.45) is 5.92 Å². The van der Waals surface area contributed by atoms with Crippen LogP contribution in [-0.2, 0) is 13.0 Å². The lowest BCUT2D eigenvalue weighted by Crippen LogP contribution is -2.13. The molecule has 108 valence electrons. The molecule has 1 aromatic heterocycles. The SMILES string of the molecule is Cc1cc(F)ccc1CCn1ccnc1NCC(C)C. The summed E-state index contributed by atoms with van der Waals surface area (Å²) < 4.78 is 15.2. The van der Waals surface area contributed by atoms with Crippen molar-refractivity contribution < 1.29 is 4.39 Å². The van der Waals surface area contributed by atoms with Gasteiger partial charge in [-0.3, -0.25) is 0 Å². The van der Waals surface area contributed by atoms with Crippen LogP contribution in [0.1, 0.15) is 25.0 Å². The van der Waals surface area contributed by atoms with Gasteiger partial charge in [0.05, 0.1) is 0 Å². The van der Waals surface area contributed by atoms with Crippen LogP contribution in [0.15, 0.2) is 30.6 Å². The highest BCUT2D eigenvalue weighted by atomic mass is 19.1. The summed E-state index contributed by atoms with van der Waals surface area (Å²) in [6.07, 6.45) is 4.65. The second-order valence-electron chi connectivity index (χ2n) is 5.54. The topological polar surface area (TPSA) is 29.9 Å². The van der Waals surface area contributed by atoms with E-state index >= 15 is 0 Å². The van der Waals surface area contributed by atoms with E-state index in [9.17, 15) is 4.39 Å². The first-order chi connectivity index (χ1) is 9.56. The van der Waals surface area contributed by atoms with Gasteiger partial charge in [0.2, 0.25) is 5.95 Å². The fourth-order valence-corrected chi connectivity index (χ4v) is 2.13. The third-order valence-electron chi connectivity index (χ3n) is 3.31. The van der Waals surface area contributed by atoms with E-state index in [4.69, 9.17) is 0 Å². The van der Waals surface area contributed by atoms with E-state index in [1.807, 2.05) is 19.2 Å².